The van der Waals surface area contributed by atoms with Crippen molar-refractivity contribution in [1.82, 2.24) is 0 Å². The normalized spacial score (nSPS) is 15.2. The zero-order valence-corrected chi connectivity index (χ0v) is 12.7. The summed E-state index contributed by atoms with van der Waals surface area (Å²) in [5, 5.41) is 0. The van der Waals surface area contributed by atoms with Crippen molar-refractivity contribution in [2.45, 2.75) is 6.42 Å². The Labute approximate surface area is 127 Å². The van der Waals surface area contributed by atoms with Crippen molar-refractivity contribution < 1.29 is 0 Å². The molecule has 0 aliphatic carbocycles. The lowest BCUT2D eigenvalue weighted by Gasteiger charge is -2.09. The van der Waals surface area contributed by atoms with Crippen LogP contribution in [0.15, 0.2) is 69.1 Å². The molecule has 0 amide bonds. The van der Waals surface area contributed by atoms with E-state index in [0.29, 0.717) is 0 Å². The summed E-state index contributed by atoms with van der Waals surface area (Å²) in [7, 11) is 0. The summed E-state index contributed by atoms with van der Waals surface area (Å²) >= 11 is 3.47. The van der Waals surface area contributed by atoms with Gasteiger partial charge < -0.3 is 0 Å². The molecule has 3 heteroatoms. The van der Waals surface area contributed by atoms with Gasteiger partial charge in [-0.3, -0.25) is 9.98 Å². The highest BCUT2D eigenvalue weighted by molar-refractivity contribution is 9.10. The molecule has 0 N–H and O–H groups in total. The average Bonchev–Trinajstić information content (AvgIpc) is 2.75. The van der Waals surface area contributed by atoms with Crippen molar-refractivity contribution in [3.63, 3.8) is 0 Å². The second kappa shape index (κ2) is 6.14. The zero-order valence-electron chi connectivity index (χ0n) is 11.1. The fourth-order valence-electron chi connectivity index (χ4n) is 2.26. The van der Waals surface area contributed by atoms with E-state index in [9.17, 15) is 0 Å². The summed E-state index contributed by atoms with van der Waals surface area (Å²) in [6.07, 6.45) is 1.01. The Morgan fingerprint density at radius 1 is 0.700 bits per heavy atom. The van der Waals surface area contributed by atoms with Crippen molar-refractivity contribution in [3.05, 3.63) is 70.2 Å². The van der Waals surface area contributed by atoms with Gasteiger partial charge in [0.1, 0.15) is 0 Å². The maximum Gasteiger partial charge on any atom is 0.0904 e. The van der Waals surface area contributed by atoms with Gasteiger partial charge in [-0.15, -0.1) is 0 Å². The van der Waals surface area contributed by atoms with E-state index < -0.39 is 0 Å². The third-order valence-electron chi connectivity index (χ3n) is 3.25. The summed E-state index contributed by atoms with van der Waals surface area (Å²) in [6, 6.07) is 18.6. The van der Waals surface area contributed by atoms with Crippen molar-refractivity contribution in [1.29, 1.82) is 0 Å². The molecule has 2 aromatic rings. The molecule has 0 radical (unpaired) electrons. The summed E-state index contributed by atoms with van der Waals surface area (Å²) in [4.78, 5) is 9.50. The number of nitrogens with zero attached hydrogens (tertiary/aromatic N) is 2. The predicted octanol–water partition coefficient (Wildman–Crippen LogP) is 4.13. The second-order valence-corrected chi connectivity index (χ2v) is 5.60. The number of benzene rings is 2. The van der Waals surface area contributed by atoms with Gasteiger partial charge in [0.2, 0.25) is 0 Å². The molecular weight excluding hydrogens is 312 g/mol. The minimum absolute atomic E-state index is 0.839. The minimum atomic E-state index is 0.839. The van der Waals surface area contributed by atoms with E-state index in [1.54, 1.807) is 0 Å². The lowest BCUT2D eigenvalue weighted by atomic mass is 10.00. The highest BCUT2D eigenvalue weighted by Gasteiger charge is 2.15. The molecule has 100 valence electrons. The molecule has 0 saturated carbocycles. The van der Waals surface area contributed by atoms with Gasteiger partial charge in [-0.1, -0.05) is 58.4 Å². The van der Waals surface area contributed by atoms with Crippen LogP contribution in [0.3, 0.4) is 0 Å². The summed E-state index contributed by atoms with van der Waals surface area (Å²) in [5.41, 5.74) is 4.26. The van der Waals surface area contributed by atoms with E-state index in [1.807, 2.05) is 30.3 Å². The first-order valence-corrected chi connectivity index (χ1v) is 7.54. The molecule has 0 aromatic heterocycles. The number of halogens is 1. The van der Waals surface area contributed by atoms with Crippen LogP contribution in [-0.4, -0.2) is 24.5 Å². The Morgan fingerprint density at radius 2 is 1.25 bits per heavy atom. The Bertz CT molecular complexity index is 642. The largest absolute Gasteiger partial charge is 0.282 e. The molecule has 0 atom stereocenters. The SMILES string of the molecule is Brc1ccc(C2=NCCCN=C2c2ccccc2)cc1. The van der Waals surface area contributed by atoms with E-state index in [2.05, 4.69) is 40.2 Å². The highest BCUT2D eigenvalue weighted by atomic mass is 79.9. The number of hydrogen-bond donors (Lipinski definition) is 0. The molecule has 0 unspecified atom stereocenters. The van der Waals surface area contributed by atoms with Gasteiger partial charge in [-0.2, -0.15) is 0 Å². The monoisotopic (exact) mass is 326 g/mol. The van der Waals surface area contributed by atoms with E-state index in [-0.39, 0.29) is 0 Å². The van der Waals surface area contributed by atoms with Gasteiger partial charge in [0.15, 0.2) is 0 Å². The van der Waals surface area contributed by atoms with Gasteiger partial charge in [-0.25, -0.2) is 0 Å². The first-order chi connectivity index (χ1) is 9.84. The first kappa shape index (κ1) is 13.3. The van der Waals surface area contributed by atoms with Gasteiger partial charge >= 0.3 is 0 Å². The molecule has 20 heavy (non-hydrogen) atoms. The van der Waals surface area contributed by atoms with Crippen LogP contribution in [0.2, 0.25) is 0 Å². The topological polar surface area (TPSA) is 24.7 Å². The van der Waals surface area contributed by atoms with Crippen molar-refractivity contribution in [2.75, 3.05) is 13.1 Å². The third kappa shape index (κ3) is 2.88. The maximum atomic E-state index is 4.75. The number of rotatable bonds is 2. The molecule has 0 spiro atoms. The van der Waals surface area contributed by atoms with Crippen molar-refractivity contribution in [3.8, 4) is 0 Å². The van der Waals surface area contributed by atoms with Gasteiger partial charge in [0.25, 0.3) is 0 Å². The van der Waals surface area contributed by atoms with E-state index in [1.165, 1.54) is 0 Å². The van der Waals surface area contributed by atoms with Crippen LogP contribution in [0, 0.1) is 0 Å². The lowest BCUT2D eigenvalue weighted by molar-refractivity contribution is 0.857. The van der Waals surface area contributed by atoms with Crippen LogP contribution in [0.5, 0.6) is 0 Å². The van der Waals surface area contributed by atoms with Crippen LogP contribution in [0.1, 0.15) is 17.5 Å². The molecule has 1 aliphatic heterocycles. The van der Waals surface area contributed by atoms with Crippen LogP contribution in [0.4, 0.5) is 0 Å². The maximum absolute atomic E-state index is 4.75. The minimum Gasteiger partial charge on any atom is -0.282 e. The summed E-state index contributed by atoms with van der Waals surface area (Å²) < 4.78 is 1.08. The Hall–Kier alpha value is -1.74. The van der Waals surface area contributed by atoms with Crippen LogP contribution in [0.25, 0.3) is 0 Å². The average molecular weight is 327 g/mol. The molecule has 1 aliphatic rings. The molecule has 1 heterocycles. The quantitative estimate of drug-likeness (QED) is 0.792. The molecule has 3 rings (SSSR count). The van der Waals surface area contributed by atoms with E-state index >= 15 is 0 Å². The van der Waals surface area contributed by atoms with E-state index in [0.717, 1.165) is 46.5 Å². The summed E-state index contributed by atoms with van der Waals surface area (Å²) in [5.74, 6) is 0. The Balaban J connectivity index is 2.06. The van der Waals surface area contributed by atoms with Crippen LogP contribution >= 0.6 is 15.9 Å². The number of aliphatic imine (C=N–C) groups is 2. The van der Waals surface area contributed by atoms with Crippen LogP contribution < -0.4 is 0 Å². The first-order valence-electron chi connectivity index (χ1n) is 6.75. The zero-order chi connectivity index (χ0) is 13.8. The molecule has 0 fully saturated rings. The van der Waals surface area contributed by atoms with Gasteiger partial charge in [0.05, 0.1) is 11.4 Å². The molecule has 2 nitrogen and oxygen atoms in total. The van der Waals surface area contributed by atoms with Gasteiger partial charge in [-0.05, 0) is 18.6 Å². The Kier molecular flexibility index (Phi) is 4.07. The predicted molar refractivity (Wildman–Crippen MR) is 88.0 cm³/mol. The fourth-order valence-corrected chi connectivity index (χ4v) is 2.53. The molecule has 2 aromatic carbocycles. The third-order valence-corrected chi connectivity index (χ3v) is 3.77. The van der Waals surface area contributed by atoms with Gasteiger partial charge in [0, 0.05) is 28.7 Å². The standard InChI is InChI=1S/C17H15BrN2/c18-15-9-7-14(8-10-15)17-16(19-11-4-12-20-17)13-5-2-1-3-6-13/h1-3,5-10H,4,11-12H2. The van der Waals surface area contributed by atoms with E-state index in [4.69, 9.17) is 9.98 Å². The molecular formula is C17H15BrN2. The van der Waals surface area contributed by atoms with Crippen LogP contribution in [-0.2, 0) is 0 Å². The molecule has 0 saturated heterocycles. The smallest absolute Gasteiger partial charge is 0.0904 e. The summed E-state index contributed by atoms with van der Waals surface area (Å²) in [6.45, 7) is 1.68. The lowest BCUT2D eigenvalue weighted by Crippen LogP contribution is -2.17. The van der Waals surface area contributed by atoms with Crippen molar-refractivity contribution >= 4 is 27.4 Å². The second-order valence-electron chi connectivity index (χ2n) is 4.69. The number of hydrogen-bond acceptors (Lipinski definition) is 2. The fraction of sp³-hybridized carbons (Fsp3) is 0.176. The highest BCUT2D eigenvalue weighted by Crippen LogP contribution is 2.16. The van der Waals surface area contributed by atoms with Crippen molar-refractivity contribution in [2.24, 2.45) is 9.98 Å². The molecule has 0 bridgehead atoms. The Morgan fingerprint density at radius 3 is 1.85 bits per heavy atom.